The number of hydrogen-bond donors (Lipinski definition) is 1. The minimum Gasteiger partial charge on any atom is -0.487 e. The Labute approximate surface area is 121 Å². The van der Waals surface area contributed by atoms with E-state index < -0.39 is 0 Å². The first-order chi connectivity index (χ1) is 9.65. The monoisotopic (exact) mass is 271 g/mol. The van der Waals surface area contributed by atoms with Crippen LogP contribution in [0.15, 0.2) is 18.2 Å². The van der Waals surface area contributed by atoms with Gasteiger partial charge < -0.3 is 10.5 Å². The predicted molar refractivity (Wildman–Crippen MR) is 80.8 cm³/mol. The zero-order chi connectivity index (χ0) is 13.7. The van der Waals surface area contributed by atoms with Gasteiger partial charge in [0.2, 0.25) is 0 Å². The van der Waals surface area contributed by atoms with Gasteiger partial charge in [0.15, 0.2) is 0 Å². The standard InChI is InChI=1S/C18H25NO/c1-12-4-7-17-15(9-12)16(19)11-18(20-17)8-2-3-14(10-18)13-5-6-13/h4,7,9,13-14,16H,2-3,5-6,8,10-11,19H2,1H3. The average Bonchev–Trinajstić information content (AvgIpc) is 3.24. The predicted octanol–water partition coefficient (Wildman–Crippen LogP) is 4.12. The van der Waals surface area contributed by atoms with E-state index in [9.17, 15) is 0 Å². The molecule has 2 saturated carbocycles. The van der Waals surface area contributed by atoms with Crippen molar-refractivity contribution in [2.75, 3.05) is 0 Å². The fourth-order valence-electron chi connectivity index (χ4n) is 4.45. The Kier molecular flexibility index (Phi) is 2.85. The third-order valence-corrected chi connectivity index (χ3v) is 5.61. The highest BCUT2D eigenvalue weighted by atomic mass is 16.5. The van der Waals surface area contributed by atoms with Crippen molar-refractivity contribution in [1.82, 2.24) is 0 Å². The molecular formula is C18H25NO. The lowest BCUT2D eigenvalue weighted by Gasteiger charge is -2.46. The van der Waals surface area contributed by atoms with Gasteiger partial charge in [-0.2, -0.15) is 0 Å². The molecule has 1 aromatic carbocycles. The molecule has 3 atom stereocenters. The van der Waals surface area contributed by atoms with Gasteiger partial charge in [-0.1, -0.05) is 17.7 Å². The molecule has 1 heterocycles. The van der Waals surface area contributed by atoms with Crippen LogP contribution >= 0.6 is 0 Å². The normalized spacial score (nSPS) is 36.5. The first-order valence-corrected chi connectivity index (χ1v) is 8.20. The first kappa shape index (κ1) is 12.7. The summed E-state index contributed by atoms with van der Waals surface area (Å²) in [4.78, 5) is 0. The van der Waals surface area contributed by atoms with E-state index in [0.717, 1.165) is 24.0 Å². The smallest absolute Gasteiger partial charge is 0.124 e. The zero-order valence-electron chi connectivity index (χ0n) is 12.4. The Morgan fingerprint density at radius 2 is 2.00 bits per heavy atom. The Balaban J connectivity index is 1.62. The fraction of sp³-hybridized carbons (Fsp3) is 0.667. The summed E-state index contributed by atoms with van der Waals surface area (Å²) in [6.07, 6.45) is 9.05. The Morgan fingerprint density at radius 1 is 1.15 bits per heavy atom. The van der Waals surface area contributed by atoms with Gasteiger partial charge in [0.1, 0.15) is 11.4 Å². The minimum atomic E-state index is 0.0349. The van der Waals surface area contributed by atoms with Gasteiger partial charge in [-0.15, -0.1) is 0 Å². The maximum Gasteiger partial charge on any atom is 0.124 e. The molecule has 2 fully saturated rings. The van der Waals surface area contributed by atoms with Gasteiger partial charge in [-0.25, -0.2) is 0 Å². The largest absolute Gasteiger partial charge is 0.487 e. The van der Waals surface area contributed by atoms with E-state index in [0.29, 0.717) is 0 Å². The molecule has 108 valence electrons. The maximum absolute atomic E-state index is 6.51. The highest BCUT2D eigenvalue weighted by molar-refractivity contribution is 5.41. The quantitative estimate of drug-likeness (QED) is 0.834. The molecule has 2 heteroatoms. The maximum atomic E-state index is 6.51. The second kappa shape index (κ2) is 4.49. The van der Waals surface area contributed by atoms with E-state index in [1.54, 1.807) is 0 Å². The second-order valence-electron chi connectivity index (χ2n) is 7.33. The molecule has 0 aromatic heterocycles. The summed E-state index contributed by atoms with van der Waals surface area (Å²) >= 11 is 0. The molecule has 3 aliphatic rings. The summed E-state index contributed by atoms with van der Waals surface area (Å²) in [6, 6.07) is 6.63. The zero-order valence-corrected chi connectivity index (χ0v) is 12.4. The van der Waals surface area contributed by atoms with Crippen molar-refractivity contribution in [1.29, 1.82) is 0 Å². The van der Waals surface area contributed by atoms with Gasteiger partial charge in [0.25, 0.3) is 0 Å². The summed E-state index contributed by atoms with van der Waals surface area (Å²) < 4.78 is 6.51. The van der Waals surface area contributed by atoms with E-state index in [2.05, 4.69) is 25.1 Å². The van der Waals surface area contributed by atoms with Crippen molar-refractivity contribution < 1.29 is 4.74 Å². The van der Waals surface area contributed by atoms with Crippen LogP contribution in [0.4, 0.5) is 0 Å². The summed E-state index contributed by atoms with van der Waals surface area (Å²) in [5.41, 5.74) is 9.00. The molecular weight excluding hydrogens is 246 g/mol. The number of hydrogen-bond acceptors (Lipinski definition) is 2. The summed E-state index contributed by atoms with van der Waals surface area (Å²) in [6.45, 7) is 2.13. The van der Waals surface area contributed by atoms with Crippen LogP contribution in [0.2, 0.25) is 0 Å². The average molecular weight is 271 g/mol. The topological polar surface area (TPSA) is 35.2 Å². The molecule has 0 amide bonds. The second-order valence-corrected chi connectivity index (χ2v) is 7.33. The fourth-order valence-corrected chi connectivity index (χ4v) is 4.45. The van der Waals surface area contributed by atoms with Crippen LogP contribution in [-0.4, -0.2) is 5.60 Å². The number of aryl methyl sites for hydroxylation is 1. The van der Waals surface area contributed by atoms with Crippen molar-refractivity contribution in [3.63, 3.8) is 0 Å². The van der Waals surface area contributed by atoms with E-state index in [1.165, 1.54) is 49.7 Å². The number of benzene rings is 1. The molecule has 4 rings (SSSR count). The molecule has 2 N–H and O–H groups in total. The van der Waals surface area contributed by atoms with Crippen molar-refractivity contribution in [3.8, 4) is 5.75 Å². The van der Waals surface area contributed by atoms with E-state index in [1.807, 2.05) is 0 Å². The van der Waals surface area contributed by atoms with Gasteiger partial charge in [0, 0.05) is 18.0 Å². The molecule has 0 radical (unpaired) electrons. The third-order valence-electron chi connectivity index (χ3n) is 5.61. The van der Waals surface area contributed by atoms with Gasteiger partial charge in [0.05, 0.1) is 0 Å². The van der Waals surface area contributed by atoms with Crippen LogP contribution in [0.25, 0.3) is 0 Å². The third kappa shape index (κ3) is 2.14. The number of rotatable bonds is 1. The van der Waals surface area contributed by atoms with E-state index >= 15 is 0 Å². The lowest BCUT2D eigenvalue weighted by molar-refractivity contribution is -0.0207. The Morgan fingerprint density at radius 3 is 2.80 bits per heavy atom. The molecule has 2 aliphatic carbocycles. The molecule has 1 spiro atoms. The minimum absolute atomic E-state index is 0.0349. The number of nitrogens with two attached hydrogens (primary N) is 1. The van der Waals surface area contributed by atoms with E-state index in [-0.39, 0.29) is 11.6 Å². The van der Waals surface area contributed by atoms with Crippen molar-refractivity contribution in [2.45, 2.75) is 63.5 Å². The van der Waals surface area contributed by atoms with Crippen molar-refractivity contribution >= 4 is 0 Å². The lowest BCUT2D eigenvalue weighted by Crippen LogP contribution is -2.46. The summed E-state index contributed by atoms with van der Waals surface area (Å²) in [5.74, 6) is 2.93. The van der Waals surface area contributed by atoms with Crippen LogP contribution < -0.4 is 10.5 Å². The highest BCUT2D eigenvalue weighted by Crippen LogP contribution is 2.52. The molecule has 0 bridgehead atoms. The Bertz CT molecular complexity index is 522. The van der Waals surface area contributed by atoms with Crippen molar-refractivity contribution in [3.05, 3.63) is 29.3 Å². The van der Waals surface area contributed by atoms with E-state index in [4.69, 9.17) is 10.5 Å². The molecule has 20 heavy (non-hydrogen) atoms. The Hall–Kier alpha value is -1.02. The molecule has 2 nitrogen and oxygen atoms in total. The molecule has 1 aliphatic heterocycles. The molecule has 0 saturated heterocycles. The van der Waals surface area contributed by atoms with Crippen LogP contribution in [0.3, 0.4) is 0 Å². The molecule has 1 aromatic rings. The van der Waals surface area contributed by atoms with Gasteiger partial charge in [-0.05, 0) is 63.4 Å². The van der Waals surface area contributed by atoms with Crippen LogP contribution in [0, 0.1) is 18.8 Å². The number of fused-ring (bicyclic) bond motifs is 1. The number of ether oxygens (including phenoxy) is 1. The first-order valence-electron chi connectivity index (χ1n) is 8.20. The van der Waals surface area contributed by atoms with Crippen molar-refractivity contribution in [2.24, 2.45) is 17.6 Å². The van der Waals surface area contributed by atoms with Crippen LogP contribution in [0.1, 0.15) is 62.1 Å². The van der Waals surface area contributed by atoms with Gasteiger partial charge >= 0.3 is 0 Å². The van der Waals surface area contributed by atoms with Crippen LogP contribution in [0.5, 0.6) is 5.75 Å². The van der Waals surface area contributed by atoms with Gasteiger partial charge in [-0.3, -0.25) is 0 Å². The highest BCUT2D eigenvalue weighted by Gasteiger charge is 2.46. The summed E-state index contributed by atoms with van der Waals surface area (Å²) in [5, 5.41) is 0. The molecule has 3 unspecified atom stereocenters. The lowest BCUT2D eigenvalue weighted by atomic mass is 9.71. The SMILES string of the molecule is Cc1ccc2c(c1)C(N)CC1(CCCC(C3CC3)C1)O2. The van der Waals surface area contributed by atoms with Crippen LogP contribution in [-0.2, 0) is 0 Å². The summed E-state index contributed by atoms with van der Waals surface area (Å²) in [7, 11) is 0.